The lowest BCUT2D eigenvalue weighted by Gasteiger charge is -2.32. The van der Waals surface area contributed by atoms with Gasteiger partial charge < -0.3 is 5.32 Å². The fraction of sp³-hybridized carbons (Fsp3) is 0.423. The van der Waals surface area contributed by atoms with Crippen molar-refractivity contribution in [2.45, 2.75) is 43.4 Å². The van der Waals surface area contributed by atoms with Crippen LogP contribution in [0.25, 0.3) is 0 Å². The summed E-state index contributed by atoms with van der Waals surface area (Å²) >= 11 is 0. The van der Waals surface area contributed by atoms with Gasteiger partial charge in [-0.3, -0.25) is 19.3 Å². The standard InChI is InChI=1S/C26H29N3O5S/c30-24(27-19-11-13-20(14-12-19)35(33,34)28-15-5-6-16-28)21-8-2-1-7-18(21)17-29-25(31)22-9-3-4-10-23(22)26(29)32/h3-4,9-14,18,21H,1-2,5-8,15-17H2,(H,27,30). The molecule has 35 heavy (non-hydrogen) atoms. The van der Waals surface area contributed by atoms with Crippen molar-refractivity contribution >= 4 is 33.4 Å². The summed E-state index contributed by atoms with van der Waals surface area (Å²) in [6.07, 6.45) is 5.04. The summed E-state index contributed by atoms with van der Waals surface area (Å²) in [6.45, 7) is 1.30. The molecule has 2 heterocycles. The third-order valence-electron chi connectivity index (χ3n) is 7.37. The predicted octanol–water partition coefficient (Wildman–Crippen LogP) is 3.51. The van der Waals surface area contributed by atoms with Crippen molar-refractivity contribution in [3.8, 4) is 0 Å². The number of rotatable bonds is 6. The lowest BCUT2D eigenvalue weighted by molar-refractivity contribution is -0.122. The van der Waals surface area contributed by atoms with E-state index in [1.165, 1.54) is 21.3 Å². The Balaban J connectivity index is 1.26. The molecule has 3 amide bonds. The Morgan fingerprint density at radius 3 is 2.09 bits per heavy atom. The van der Waals surface area contributed by atoms with Crippen LogP contribution >= 0.6 is 0 Å². The molecule has 2 fully saturated rings. The first-order chi connectivity index (χ1) is 16.9. The fourth-order valence-electron chi connectivity index (χ4n) is 5.43. The largest absolute Gasteiger partial charge is 0.326 e. The van der Waals surface area contributed by atoms with Gasteiger partial charge in [-0.15, -0.1) is 0 Å². The molecule has 9 heteroatoms. The number of imide groups is 1. The fourth-order valence-corrected chi connectivity index (χ4v) is 6.95. The van der Waals surface area contributed by atoms with E-state index in [0.29, 0.717) is 36.3 Å². The van der Waals surface area contributed by atoms with Crippen LogP contribution in [0.5, 0.6) is 0 Å². The molecule has 0 bridgehead atoms. The molecule has 0 radical (unpaired) electrons. The average molecular weight is 496 g/mol. The first-order valence-electron chi connectivity index (χ1n) is 12.2. The van der Waals surface area contributed by atoms with E-state index in [-0.39, 0.29) is 41.0 Å². The van der Waals surface area contributed by atoms with Crippen molar-refractivity contribution in [1.29, 1.82) is 0 Å². The number of nitrogens with one attached hydrogen (secondary N) is 1. The quantitative estimate of drug-likeness (QED) is 0.618. The van der Waals surface area contributed by atoms with Crippen molar-refractivity contribution < 1.29 is 22.8 Å². The van der Waals surface area contributed by atoms with Crippen LogP contribution in [0.1, 0.15) is 59.2 Å². The summed E-state index contributed by atoms with van der Waals surface area (Å²) in [4.78, 5) is 40.3. The van der Waals surface area contributed by atoms with E-state index >= 15 is 0 Å². The molecule has 5 rings (SSSR count). The van der Waals surface area contributed by atoms with Crippen LogP contribution in [0, 0.1) is 11.8 Å². The number of amides is 3. The highest BCUT2D eigenvalue weighted by atomic mass is 32.2. The lowest BCUT2D eigenvalue weighted by atomic mass is 9.78. The maximum Gasteiger partial charge on any atom is 0.261 e. The summed E-state index contributed by atoms with van der Waals surface area (Å²) in [6, 6.07) is 13.1. The Morgan fingerprint density at radius 2 is 1.46 bits per heavy atom. The van der Waals surface area contributed by atoms with Gasteiger partial charge in [-0.25, -0.2) is 8.42 Å². The smallest absolute Gasteiger partial charge is 0.261 e. The van der Waals surface area contributed by atoms with Crippen molar-refractivity contribution in [1.82, 2.24) is 9.21 Å². The van der Waals surface area contributed by atoms with E-state index in [1.807, 2.05) is 0 Å². The topological polar surface area (TPSA) is 104 Å². The zero-order valence-corrected chi connectivity index (χ0v) is 20.3. The predicted molar refractivity (Wildman–Crippen MR) is 130 cm³/mol. The molecule has 0 spiro atoms. The molecule has 3 aliphatic rings. The first-order valence-corrected chi connectivity index (χ1v) is 13.7. The molecule has 2 unspecified atom stereocenters. The number of benzene rings is 2. The molecular formula is C26H29N3O5S. The minimum Gasteiger partial charge on any atom is -0.326 e. The highest BCUT2D eigenvalue weighted by Crippen LogP contribution is 2.34. The first kappa shape index (κ1) is 23.7. The number of nitrogens with zero attached hydrogens (tertiary/aromatic N) is 2. The van der Waals surface area contributed by atoms with Gasteiger partial charge in [0.05, 0.1) is 16.0 Å². The molecule has 8 nitrogen and oxygen atoms in total. The van der Waals surface area contributed by atoms with E-state index in [0.717, 1.165) is 32.1 Å². The third kappa shape index (κ3) is 4.50. The normalized spacial score (nSPS) is 22.9. The molecule has 2 aliphatic heterocycles. The zero-order valence-electron chi connectivity index (χ0n) is 19.5. The molecule has 1 saturated heterocycles. The average Bonchev–Trinajstić information content (AvgIpc) is 3.50. The molecule has 1 saturated carbocycles. The lowest BCUT2D eigenvalue weighted by Crippen LogP contribution is -2.41. The second kappa shape index (κ2) is 9.54. The van der Waals surface area contributed by atoms with Gasteiger partial charge in [0.2, 0.25) is 15.9 Å². The number of sulfonamides is 1. The number of carbonyl (C=O) groups is 3. The SMILES string of the molecule is O=C(Nc1ccc(S(=O)(=O)N2CCCC2)cc1)C1CCCCC1CN1C(=O)c2ccccc2C1=O. The number of hydrogen-bond donors (Lipinski definition) is 1. The Bertz CT molecular complexity index is 1220. The minimum atomic E-state index is -3.51. The molecular weight excluding hydrogens is 466 g/mol. The van der Waals surface area contributed by atoms with Crippen molar-refractivity contribution in [2.24, 2.45) is 11.8 Å². The van der Waals surface area contributed by atoms with Gasteiger partial charge in [-0.05, 0) is 68.0 Å². The second-order valence-corrected chi connectivity index (χ2v) is 11.5. The summed E-state index contributed by atoms with van der Waals surface area (Å²) < 4.78 is 27.0. The molecule has 0 aromatic heterocycles. The third-order valence-corrected chi connectivity index (χ3v) is 9.28. The van der Waals surface area contributed by atoms with E-state index < -0.39 is 10.0 Å². The maximum atomic E-state index is 13.2. The Labute approximate surface area is 205 Å². The summed E-state index contributed by atoms with van der Waals surface area (Å²) in [7, 11) is -3.51. The van der Waals surface area contributed by atoms with Crippen molar-refractivity contribution in [2.75, 3.05) is 25.0 Å². The van der Waals surface area contributed by atoms with Gasteiger partial charge in [0.1, 0.15) is 0 Å². The van der Waals surface area contributed by atoms with Gasteiger partial charge in [0, 0.05) is 31.2 Å². The van der Waals surface area contributed by atoms with E-state index in [4.69, 9.17) is 0 Å². The van der Waals surface area contributed by atoms with E-state index in [9.17, 15) is 22.8 Å². The van der Waals surface area contributed by atoms with Crippen molar-refractivity contribution in [3.63, 3.8) is 0 Å². The van der Waals surface area contributed by atoms with Gasteiger partial charge >= 0.3 is 0 Å². The van der Waals surface area contributed by atoms with Gasteiger partial charge in [-0.1, -0.05) is 25.0 Å². The van der Waals surface area contributed by atoms with Crippen LogP contribution in [0.3, 0.4) is 0 Å². The monoisotopic (exact) mass is 495 g/mol. The van der Waals surface area contributed by atoms with Crippen LogP contribution in [0.4, 0.5) is 5.69 Å². The van der Waals surface area contributed by atoms with Crippen LogP contribution in [-0.2, 0) is 14.8 Å². The number of anilines is 1. The summed E-state index contributed by atoms with van der Waals surface area (Å²) in [5.41, 5.74) is 1.36. The van der Waals surface area contributed by atoms with Crippen molar-refractivity contribution in [3.05, 3.63) is 59.7 Å². The van der Waals surface area contributed by atoms with Gasteiger partial charge in [-0.2, -0.15) is 4.31 Å². The zero-order chi connectivity index (χ0) is 24.6. The molecule has 184 valence electrons. The number of fused-ring (bicyclic) bond motifs is 1. The van der Waals surface area contributed by atoms with Crippen LogP contribution < -0.4 is 5.32 Å². The Morgan fingerprint density at radius 1 is 0.857 bits per heavy atom. The summed E-state index contributed by atoms with van der Waals surface area (Å²) in [5.74, 6) is -1.22. The Kier molecular flexibility index (Phi) is 6.46. The van der Waals surface area contributed by atoms with Crippen LogP contribution in [-0.4, -0.2) is 55.0 Å². The molecule has 1 aliphatic carbocycles. The number of hydrogen-bond acceptors (Lipinski definition) is 5. The minimum absolute atomic E-state index is 0.124. The second-order valence-electron chi connectivity index (χ2n) is 9.54. The maximum absolute atomic E-state index is 13.2. The highest BCUT2D eigenvalue weighted by Gasteiger charge is 2.40. The van der Waals surface area contributed by atoms with Gasteiger partial charge in [0.25, 0.3) is 11.8 Å². The highest BCUT2D eigenvalue weighted by molar-refractivity contribution is 7.89. The van der Waals surface area contributed by atoms with Crippen LogP contribution in [0.15, 0.2) is 53.4 Å². The number of carbonyl (C=O) groups excluding carboxylic acids is 3. The van der Waals surface area contributed by atoms with Gasteiger partial charge in [0.15, 0.2) is 0 Å². The van der Waals surface area contributed by atoms with Crippen LogP contribution in [0.2, 0.25) is 0 Å². The molecule has 2 aromatic rings. The summed E-state index contributed by atoms with van der Waals surface area (Å²) in [5, 5.41) is 2.92. The molecule has 2 atom stereocenters. The Hall–Kier alpha value is -3.04. The molecule has 2 aromatic carbocycles. The molecule has 1 N–H and O–H groups in total. The van der Waals surface area contributed by atoms with E-state index in [2.05, 4.69) is 5.32 Å². The van der Waals surface area contributed by atoms with E-state index in [1.54, 1.807) is 36.4 Å².